The van der Waals surface area contributed by atoms with Crippen molar-refractivity contribution in [2.24, 2.45) is 23.7 Å². The van der Waals surface area contributed by atoms with Crippen molar-refractivity contribution >= 4 is 0 Å². The van der Waals surface area contributed by atoms with Crippen LogP contribution in [0.2, 0.25) is 0 Å². The Morgan fingerprint density at radius 1 is 0.941 bits per heavy atom. The molecule has 0 aromatic carbocycles. The molecule has 0 unspecified atom stereocenters. The van der Waals surface area contributed by atoms with Gasteiger partial charge < -0.3 is 5.32 Å². The van der Waals surface area contributed by atoms with Crippen LogP contribution in [0.15, 0.2) is 0 Å². The van der Waals surface area contributed by atoms with Crippen LogP contribution in [0.25, 0.3) is 0 Å². The number of hydrogen-bond donors (Lipinski definition) is 1. The SMILES string of the molecule is CC(C)CC(CC(C)C)N1C[C@H]2CNC[C@H]2C1. The summed E-state index contributed by atoms with van der Waals surface area (Å²) in [6.45, 7) is 14.7. The molecule has 0 amide bonds. The summed E-state index contributed by atoms with van der Waals surface area (Å²) in [7, 11) is 0. The summed E-state index contributed by atoms with van der Waals surface area (Å²) in [5.41, 5.74) is 0. The second-order valence-electron chi connectivity index (χ2n) is 7.05. The highest BCUT2D eigenvalue weighted by atomic mass is 15.2. The van der Waals surface area contributed by atoms with Gasteiger partial charge in [0.1, 0.15) is 0 Å². The lowest BCUT2D eigenvalue weighted by atomic mass is 9.94. The van der Waals surface area contributed by atoms with Crippen LogP contribution >= 0.6 is 0 Å². The first-order valence-corrected chi connectivity index (χ1v) is 7.51. The van der Waals surface area contributed by atoms with Crippen molar-refractivity contribution in [1.29, 1.82) is 0 Å². The van der Waals surface area contributed by atoms with E-state index in [-0.39, 0.29) is 0 Å². The Kier molecular flexibility index (Phi) is 4.48. The number of nitrogens with zero attached hydrogens (tertiary/aromatic N) is 1. The molecule has 100 valence electrons. The highest BCUT2D eigenvalue weighted by molar-refractivity contribution is 4.93. The first-order valence-electron chi connectivity index (χ1n) is 7.51. The number of rotatable bonds is 5. The van der Waals surface area contributed by atoms with Crippen LogP contribution < -0.4 is 5.32 Å². The molecule has 2 fully saturated rings. The molecule has 2 aliphatic heterocycles. The molecule has 2 saturated heterocycles. The summed E-state index contributed by atoms with van der Waals surface area (Å²) >= 11 is 0. The fourth-order valence-corrected chi connectivity index (χ4v) is 3.67. The van der Waals surface area contributed by atoms with Gasteiger partial charge in [-0.05, 0) is 49.6 Å². The lowest BCUT2D eigenvalue weighted by Gasteiger charge is -2.31. The average Bonchev–Trinajstić information content (AvgIpc) is 2.73. The van der Waals surface area contributed by atoms with Gasteiger partial charge in [-0.2, -0.15) is 0 Å². The van der Waals surface area contributed by atoms with E-state index in [1.165, 1.54) is 39.0 Å². The molecule has 17 heavy (non-hydrogen) atoms. The molecule has 0 spiro atoms. The maximum atomic E-state index is 3.54. The molecular weight excluding hydrogens is 208 g/mol. The zero-order valence-electron chi connectivity index (χ0n) is 12.1. The summed E-state index contributed by atoms with van der Waals surface area (Å²) in [4.78, 5) is 2.80. The van der Waals surface area contributed by atoms with Gasteiger partial charge in [-0.1, -0.05) is 27.7 Å². The second kappa shape index (κ2) is 5.71. The van der Waals surface area contributed by atoms with Crippen LogP contribution in [0.1, 0.15) is 40.5 Å². The minimum absolute atomic E-state index is 0.831. The molecule has 0 aromatic heterocycles. The predicted molar refractivity (Wildman–Crippen MR) is 74.1 cm³/mol. The molecule has 2 heteroatoms. The summed E-state index contributed by atoms with van der Waals surface area (Å²) in [5.74, 6) is 3.54. The molecule has 0 bridgehead atoms. The summed E-state index contributed by atoms with van der Waals surface area (Å²) in [6.07, 6.45) is 2.76. The molecule has 2 atom stereocenters. The summed E-state index contributed by atoms with van der Waals surface area (Å²) in [5, 5.41) is 3.54. The van der Waals surface area contributed by atoms with Crippen LogP contribution in [-0.4, -0.2) is 37.1 Å². The molecule has 2 aliphatic rings. The van der Waals surface area contributed by atoms with E-state index in [2.05, 4.69) is 37.9 Å². The maximum Gasteiger partial charge on any atom is 0.0100 e. The number of fused-ring (bicyclic) bond motifs is 1. The molecule has 0 aromatic rings. The smallest absolute Gasteiger partial charge is 0.0100 e. The van der Waals surface area contributed by atoms with Crippen molar-refractivity contribution in [3.63, 3.8) is 0 Å². The first-order chi connectivity index (χ1) is 8.06. The van der Waals surface area contributed by atoms with E-state index in [9.17, 15) is 0 Å². The van der Waals surface area contributed by atoms with E-state index in [1.54, 1.807) is 0 Å². The lowest BCUT2D eigenvalue weighted by Crippen LogP contribution is -2.37. The standard InChI is InChI=1S/C15H30N2/c1-11(2)5-15(6-12(3)4)17-9-13-7-16-8-14(13)10-17/h11-16H,5-10H2,1-4H3/t13-,14+. The van der Waals surface area contributed by atoms with Crippen molar-refractivity contribution < 1.29 is 0 Å². The molecule has 2 heterocycles. The van der Waals surface area contributed by atoms with Gasteiger partial charge in [0.05, 0.1) is 0 Å². The van der Waals surface area contributed by atoms with Crippen LogP contribution in [0, 0.1) is 23.7 Å². The maximum absolute atomic E-state index is 3.54. The third kappa shape index (κ3) is 3.45. The molecule has 1 N–H and O–H groups in total. The van der Waals surface area contributed by atoms with Gasteiger partial charge in [-0.25, -0.2) is 0 Å². The summed E-state index contributed by atoms with van der Waals surface area (Å²) < 4.78 is 0. The van der Waals surface area contributed by atoms with Gasteiger partial charge >= 0.3 is 0 Å². The second-order valence-corrected chi connectivity index (χ2v) is 7.05. The molecule has 0 aliphatic carbocycles. The van der Waals surface area contributed by atoms with Gasteiger partial charge in [0.25, 0.3) is 0 Å². The molecular formula is C15H30N2. The Morgan fingerprint density at radius 3 is 1.82 bits per heavy atom. The topological polar surface area (TPSA) is 15.3 Å². The minimum Gasteiger partial charge on any atom is -0.316 e. The molecule has 2 rings (SSSR count). The van der Waals surface area contributed by atoms with Crippen molar-refractivity contribution in [3.05, 3.63) is 0 Å². The van der Waals surface area contributed by atoms with Gasteiger partial charge in [0.15, 0.2) is 0 Å². The molecule has 0 radical (unpaired) electrons. The van der Waals surface area contributed by atoms with Crippen LogP contribution in [0.3, 0.4) is 0 Å². The van der Waals surface area contributed by atoms with Crippen molar-refractivity contribution in [3.8, 4) is 0 Å². The Bertz CT molecular complexity index is 215. The fraction of sp³-hybridized carbons (Fsp3) is 1.00. The van der Waals surface area contributed by atoms with Crippen LogP contribution in [0.5, 0.6) is 0 Å². The Balaban J connectivity index is 1.91. The van der Waals surface area contributed by atoms with Crippen molar-refractivity contribution in [2.45, 2.75) is 46.6 Å². The first kappa shape index (κ1) is 13.4. The highest BCUT2D eigenvalue weighted by Gasteiger charge is 2.38. The van der Waals surface area contributed by atoms with Crippen molar-refractivity contribution in [2.75, 3.05) is 26.2 Å². The Morgan fingerprint density at radius 2 is 1.41 bits per heavy atom. The van der Waals surface area contributed by atoms with Gasteiger partial charge in [-0.15, -0.1) is 0 Å². The average molecular weight is 238 g/mol. The van der Waals surface area contributed by atoms with E-state index in [0.29, 0.717) is 0 Å². The predicted octanol–water partition coefficient (Wildman–Crippen LogP) is 2.60. The fourth-order valence-electron chi connectivity index (χ4n) is 3.67. The zero-order chi connectivity index (χ0) is 12.4. The Hall–Kier alpha value is -0.0800. The van der Waals surface area contributed by atoms with Gasteiger partial charge in [0.2, 0.25) is 0 Å². The minimum atomic E-state index is 0.831. The third-order valence-corrected chi connectivity index (χ3v) is 4.42. The highest BCUT2D eigenvalue weighted by Crippen LogP contribution is 2.31. The number of hydrogen-bond acceptors (Lipinski definition) is 2. The number of nitrogens with one attached hydrogen (secondary N) is 1. The van der Waals surface area contributed by atoms with E-state index in [1.807, 2.05) is 0 Å². The van der Waals surface area contributed by atoms with E-state index in [0.717, 1.165) is 29.7 Å². The molecule has 0 saturated carbocycles. The van der Waals surface area contributed by atoms with Crippen molar-refractivity contribution in [1.82, 2.24) is 10.2 Å². The van der Waals surface area contributed by atoms with Gasteiger partial charge in [-0.3, -0.25) is 4.90 Å². The number of likely N-dealkylation sites (tertiary alicyclic amines) is 1. The van der Waals surface area contributed by atoms with E-state index in [4.69, 9.17) is 0 Å². The van der Waals surface area contributed by atoms with E-state index < -0.39 is 0 Å². The Labute approximate surface area is 107 Å². The third-order valence-electron chi connectivity index (χ3n) is 4.42. The largest absolute Gasteiger partial charge is 0.316 e. The van der Waals surface area contributed by atoms with Gasteiger partial charge in [0, 0.05) is 19.1 Å². The van der Waals surface area contributed by atoms with Crippen LogP contribution in [0.4, 0.5) is 0 Å². The normalized spacial score (nSPS) is 29.8. The van der Waals surface area contributed by atoms with E-state index >= 15 is 0 Å². The lowest BCUT2D eigenvalue weighted by molar-refractivity contribution is 0.174. The summed E-state index contributed by atoms with van der Waals surface area (Å²) in [6, 6.07) is 0.834. The van der Waals surface area contributed by atoms with Crippen LogP contribution in [-0.2, 0) is 0 Å². The quantitative estimate of drug-likeness (QED) is 0.792. The monoisotopic (exact) mass is 238 g/mol. The zero-order valence-corrected chi connectivity index (χ0v) is 12.1. The molecule has 2 nitrogen and oxygen atoms in total.